The molecule has 70 valence electrons. The average Bonchev–Trinajstić information content (AvgIpc) is 2.18. The van der Waals surface area contributed by atoms with Crippen LogP contribution in [-0.4, -0.2) is 16.9 Å². The third-order valence-corrected chi connectivity index (χ3v) is 2.44. The van der Waals surface area contributed by atoms with Gasteiger partial charge in [0.25, 0.3) is 0 Å². The minimum Gasteiger partial charge on any atom is -0.325 e. The maximum Gasteiger partial charge on any atom is 0.241 e. The molecule has 1 rings (SSSR count). The Balaban J connectivity index is 2.55. The highest BCUT2D eigenvalue weighted by molar-refractivity contribution is 14.1. The summed E-state index contributed by atoms with van der Waals surface area (Å²) in [6.45, 7) is 1.79. The highest BCUT2D eigenvalue weighted by Crippen LogP contribution is 2.03. The van der Waals surface area contributed by atoms with Crippen molar-refractivity contribution in [2.45, 2.75) is 13.0 Å². The fraction of sp³-hybridized carbons (Fsp3) is 0.250. The summed E-state index contributed by atoms with van der Waals surface area (Å²) in [5.41, 5.74) is 0.763. The van der Waals surface area contributed by atoms with Crippen LogP contribution in [0.5, 0.6) is 0 Å². The van der Waals surface area contributed by atoms with Crippen molar-refractivity contribution in [3.05, 3.63) is 24.5 Å². The number of nitrogens with zero attached hydrogens (tertiary/aromatic N) is 1. The summed E-state index contributed by atoms with van der Waals surface area (Å²) >= 11 is 1.95. The summed E-state index contributed by atoms with van der Waals surface area (Å²) in [6, 6.07) is 3.30. The number of anilines is 1. The Morgan fingerprint density at radius 2 is 2.15 bits per heavy atom. The Labute approximate surface area is 90.6 Å². The molecule has 0 unspecified atom stereocenters. The second kappa shape index (κ2) is 5.13. The van der Waals surface area contributed by atoms with Crippen molar-refractivity contribution in [3.8, 4) is 0 Å². The van der Waals surface area contributed by atoms with E-state index in [4.69, 9.17) is 0 Å². The summed E-state index contributed by atoms with van der Waals surface area (Å²) < 4.78 is 2.83. The molecule has 1 aromatic heterocycles. The van der Waals surface area contributed by atoms with E-state index in [0.717, 1.165) is 5.69 Å². The maximum absolute atomic E-state index is 11.3. The predicted molar refractivity (Wildman–Crippen MR) is 59.5 cm³/mol. The topological polar surface area (TPSA) is 54.0 Å². The summed E-state index contributed by atoms with van der Waals surface area (Å²) in [6.07, 6.45) is 3.27. The van der Waals surface area contributed by atoms with Gasteiger partial charge in [0.15, 0.2) is 0 Å². The number of carbonyl (C=O) groups excluding carboxylic acids is 1. The number of pyridine rings is 1. The van der Waals surface area contributed by atoms with Crippen molar-refractivity contribution >= 4 is 34.5 Å². The minimum atomic E-state index is -0.200. The lowest BCUT2D eigenvalue weighted by Gasteiger charge is -2.09. The van der Waals surface area contributed by atoms with E-state index in [1.165, 1.54) is 0 Å². The molecule has 1 atom stereocenters. The fourth-order valence-corrected chi connectivity index (χ4v) is 1.02. The van der Waals surface area contributed by atoms with Crippen LogP contribution < -0.4 is 8.85 Å². The van der Waals surface area contributed by atoms with E-state index in [0.29, 0.717) is 0 Å². The van der Waals surface area contributed by atoms with Crippen LogP contribution in [0.15, 0.2) is 24.5 Å². The molecule has 1 amide bonds. The lowest BCUT2D eigenvalue weighted by molar-refractivity contribution is -0.117. The molecule has 0 fully saturated rings. The smallest absolute Gasteiger partial charge is 0.241 e. The monoisotopic (exact) mass is 291 g/mol. The normalized spacial score (nSPS) is 12.2. The largest absolute Gasteiger partial charge is 0.325 e. The number of aromatic nitrogens is 1. The summed E-state index contributed by atoms with van der Waals surface area (Å²) in [7, 11) is 0. The Hall–Kier alpha value is -0.690. The molecule has 5 heteroatoms. The second-order valence-electron chi connectivity index (χ2n) is 2.56. The van der Waals surface area contributed by atoms with Crippen LogP contribution in [0, 0.1) is 0 Å². The Morgan fingerprint density at radius 1 is 1.54 bits per heavy atom. The number of carbonyl (C=O) groups is 1. The first-order valence-electron chi connectivity index (χ1n) is 3.81. The van der Waals surface area contributed by atoms with E-state index in [1.54, 1.807) is 31.5 Å². The molecule has 1 heterocycles. The predicted octanol–water partition coefficient (Wildman–Crippen LogP) is 1.35. The van der Waals surface area contributed by atoms with Crippen LogP contribution in [0.25, 0.3) is 0 Å². The summed E-state index contributed by atoms with van der Waals surface area (Å²) in [5, 5.41) is 2.75. The van der Waals surface area contributed by atoms with Crippen LogP contribution in [-0.2, 0) is 4.79 Å². The Morgan fingerprint density at radius 3 is 2.69 bits per heavy atom. The van der Waals surface area contributed by atoms with Gasteiger partial charge in [-0.2, -0.15) is 0 Å². The van der Waals surface area contributed by atoms with Crippen LogP contribution in [0.2, 0.25) is 0 Å². The van der Waals surface area contributed by atoms with E-state index in [-0.39, 0.29) is 11.9 Å². The van der Waals surface area contributed by atoms with Crippen LogP contribution in [0.4, 0.5) is 5.69 Å². The molecule has 0 saturated heterocycles. The maximum atomic E-state index is 11.3. The summed E-state index contributed by atoms with van der Waals surface area (Å²) in [4.78, 5) is 15.2. The van der Waals surface area contributed by atoms with Crippen molar-refractivity contribution in [1.29, 1.82) is 0 Å². The molecule has 0 aromatic carbocycles. The molecule has 0 bridgehead atoms. The standard InChI is InChI=1S/C8H10IN3O/c1-6(12-9)8(13)11-7-2-4-10-5-3-7/h2-6,12H,1H3,(H,10,11,13)/t6-/m0/s1. The zero-order valence-corrected chi connectivity index (χ0v) is 9.28. The molecule has 4 nitrogen and oxygen atoms in total. The molecule has 0 aliphatic heterocycles. The average molecular weight is 291 g/mol. The Bertz CT molecular complexity index is 278. The molecule has 0 spiro atoms. The third-order valence-electron chi connectivity index (χ3n) is 1.50. The molecule has 2 N–H and O–H groups in total. The Kier molecular flexibility index (Phi) is 4.10. The second-order valence-corrected chi connectivity index (χ2v) is 3.18. The zero-order chi connectivity index (χ0) is 9.68. The highest BCUT2D eigenvalue weighted by atomic mass is 127. The van der Waals surface area contributed by atoms with Gasteiger partial charge in [-0.3, -0.25) is 9.78 Å². The zero-order valence-electron chi connectivity index (χ0n) is 7.12. The number of halogens is 1. The molecule has 0 saturated carbocycles. The lowest BCUT2D eigenvalue weighted by atomic mass is 10.3. The highest BCUT2D eigenvalue weighted by Gasteiger charge is 2.09. The van der Waals surface area contributed by atoms with Gasteiger partial charge in [0, 0.05) is 40.9 Å². The van der Waals surface area contributed by atoms with Crippen molar-refractivity contribution in [3.63, 3.8) is 0 Å². The first-order valence-corrected chi connectivity index (χ1v) is 4.89. The molecule has 1 aromatic rings. The van der Waals surface area contributed by atoms with Gasteiger partial charge in [0.1, 0.15) is 0 Å². The fourth-order valence-electron chi connectivity index (χ4n) is 0.735. The van der Waals surface area contributed by atoms with Crippen LogP contribution in [0.3, 0.4) is 0 Å². The van der Waals surface area contributed by atoms with Crippen LogP contribution >= 0.6 is 22.9 Å². The van der Waals surface area contributed by atoms with Gasteiger partial charge in [-0.1, -0.05) is 0 Å². The molecular formula is C8H10IN3O. The van der Waals surface area contributed by atoms with E-state index in [1.807, 2.05) is 22.9 Å². The van der Waals surface area contributed by atoms with Gasteiger partial charge in [0.05, 0.1) is 6.04 Å². The van der Waals surface area contributed by atoms with Gasteiger partial charge >= 0.3 is 0 Å². The number of rotatable bonds is 3. The van der Waals surface area contributed by atoms with Gasteiger partial charge < -0.3 is 5.32 Å². The van der Waals surface area contributed by atoms with Gasteiger partial charge in [-0.15, -0.1) is 0 Å². The SMILES string of the molecule is C[C@H](NI)C(=O)Nc1ccncc1. The minimum absolute atomic E-state index is 0.0550. The number of amides is 1. The van der Waals surface area contributed by atoms with Crippen molar-refractivity contribution in [1.82, 2.24) is 8.51 Å². The van der Waals surface area contributed by atoms with Gasteiger partial charge in [-0.25, -0.2) is 3.53 Å². The first kappa shape index (κ1) is 10.4. The molecular weight excluding hydrogens is 281 g/mol. The summed E-state index contributed by atoms with van der Waals surface area (Å²) in [5.74, 6) is -0.0550. The van der Waals surface area contributed by atoms with Gasteiger partial charge in [0.2, 0.25) is 5.91 Å². The van der Waals surface area contributed by atoms with Gasteiger partial charge in [-0.05, 0) is 19.1 Å². The first-order chi connectivity index (χ1) is 6.24. The quantitative estimate of drug-likeness (QED) is 0.653. The third kappa shape index (κ3) is 3.27. The van der Waals surface area contributed by atoms with E-state index < -0.39 is 0 Å². The van der Waals surface area contributed by atoms with E-state index >= 15 is 0 Å². The van der Waals surface area contributed by atoms with E-state index in [2.05, 4.69) is 13.8 Å². The molecule has 0 aliphatic rings. The number of hydrogen-bond acceptors (Lipinski definition) is 3. The number of hydrogen-bond donors (Lipinski definition) is 2. The van der Waals surface area contributed by atoms with Crippen LogP contribution in [0.1, 0.15) is 6.92 Å². The van der Waals surface area contributed by atoms with E-state index in [9.17, 15) is 4.79 Å². The molecule has 0 aliphatic carbocycles. The molecule has 13 heavy (non-hydrogen) atoms. The molecule has 0 radical (unpaired) electrons. The lowest BCUT2D eigenvalue weighted by Crippen LogP contribution is -2.32. The van der Waals surface area contributed by atoms with Crippen molar-refractivity contribution in [2.75, 3.05) is 5.32 Å². The van der Waals surface area contributed by atoms with Crippen molar-refractivity contribution < 1.29 is 4.79 Å². The van der Waals surface area contributed by atoms with Crippen molar-refractivity contribution in [2.24, 2.45) is 0 Å². The number of nitrogens with one attached hydrogen (secondary N) is 2.